The van der Waals surface area contributed by atoms with Gasteiger partial charge in [-0.3, -0.25) is 9.78 Å². The maximum Gasteiger partial charge on any atom is 0.417 e. The van der Waals surface area contributed by atoms with Crippen LogP contribution in [0.1, 0.15) is 15.9 Å². The first kappa shape index (κ1) is 18.4. The molecule has 3 rings (SSSR count). The number of benzene rings is 2. The first-order valence-electron chi connectivity index (χ1n) is 8.25. The van der Waals surface area contributed by atoms with Gasteiger partial charge in [-0.15, -0.1) is 0 Å². The summed E-state index contributed by atoms with van der Waals surface area (Å²) in [7, 11) is 4.49. The van der Waals surface area contributed by atoms with E-state index in [1.54, 1.807) is 18.2 Å². The Hall–Kier alpha value is -3.42. The number of aromatic amines is 1. The maximum absolute atomic E-state index is 12.5. The summed E-state index contributed by atoms with van der Waals surface area (Å²) >= 11 is 0. The third-order valence-electron chi connectivity index (χ3n) is 4.11. The molecule has 0 aliphatic rings. The molecule has 0 aliphatic heterocycles. The van der Waals surface area contributed by atoms with E-state index in [9.17, 15) is 9.59 Å². The van der Waals surface area contributed by atoms with Crippen molar-refractivity contribution in [1.82, 2.24) is 10.3 Å². The largest absolute Gasteiger partial charge is 0.493 e. The minimum absolute atomic E-state index is 0.257. The number of ether oxygens (including phenoxy) is 3. The fourth-order valence-electron chi connectivity index (χ4n) is 2.79. The van der Waals surface area contributed by atoms with E-state index in [0.717, 1.165) is 5.56 Å². The molecule has 1 aromatic heterocycles. The Balaban J connectivity index is 1.68. The lowest BCUT2D eigenvalue weighted by Gasteiger charge is -2.14. The van der Waals surface area contributed by atoms with E-state index in [4.69, 9.17) is 18.6 Å². The lowest BCUT2D eigenvalue weighted by atomic mass is 10.1. The van der Waals surface area contributed by atoms with Crippen LogP contribution in [0.25, 0.3) is 11.1 Å². The molecule has 8 heteroatoms. The zero-order valence-electron chi connectivity index (χ0n) is 15.3. The van der Waals surface area contributed by atoms with Crippen LogP contribution in [0.2, 0.25) is 0 Å². The SMILES string of the molecule is COc1cc(C(=O)NCCc2ccc3oc(=O)[nH]c3c2)cc(OC)c1OC. The van der Waals surface area contributed by atoms with E-state index in [2.05, 4.69) is 10.3 Å². The molecule has 0 unspecified atom stereocenters. The summed E-state index contributed by atoms with van der Waals surface area (Å²) in [6, 6.07) is 8.60. The molecule has 27 heavy (non-hydrogen) atoms. The summed E-state index contributed by atoms with van der Waals surface area (Å²) in [5.74, 6) is 0.511. The molecule has 0 saturated heterocycles. The standard InChI is InChI=1S/C19H20N2O6/c1-24-15-9-12(10-16(25-2)17(15)26-3)18(22)20-7-6-11-4-5-14-13(8-11)21-19(23)27-14/h4-5,8-10H,6-7H2,1-3H3,(H,20,22)(H,21,23). The number of carbonyl (C=O) groups is 1. The number of hydrogen-bond acceptors (Lipinski definition) is 6. The number of fused-ring (bicyclic) bond motifs is 1. The highest BCUT2D eigenvalue weighted by Gasteiger charge is 2.16. The number of amides is 1. The summed E-state index contributed by atoms with van der Waals surface area (Å²) < 4.78 is 20.8. The molecule has 0 fully saturated rings. The van der Waals surface area contributed by atoms with E-state index >= 15 is 0 Å². The van der Waals surface area contributed by atoms with Gasteiger partial charge in [0, 0.05) is 12.1 Å². The summed E-state index contributed by atoms with van der Waals surface area (Å²) in [4.78, 5) is 26.3. The van der Waals surface area contributed by atoms with Gasteiger partial charge in [0.1, 0.15) is 0 Å². The van der Waals surface area contributed by atoms with Crippen molar-refractivity contribution in [2.24, 2.45) is 0 Å². The number of methoxy groups -OCH3 is 3. The predicted octanol–water partition coefficient (Wildman–Crippen LogP) is 2.12. The third-order valence-corrected chi connectivity index (χ3v) is 4.11. The second-order valence-electron chi connectivity index (χ2n) is 5.76. The average Bonchev–Trinajstić information content (AvgIpc) is 3.05. The molecule has 0 radical (unpaired) electrons. The molecule has 2 aromatic carbocycles. The molecule has 0 aliphatic carbocycles. The quantitative estimate of drug-likeness (QED) is 0.659. The number of oxazole rings is 1. The van der Waals surface area contributed by atoms with Crippen LogP contribution in [0, 0.1) is 0 Å². The van der Waals surface area contributed by atoms with Gasteiger partial charge < -0.3 is 23.9 Å². The number of hydrogen-bond donors (Lipinski definition) is 2. The molecule has 142 valence electrons. The van der Waals surface area contributed by atoms with Crippen molar-refractivity contribution in [3.05, 3.63) is 52.0 Å². The van der Waals surface area contributed by atoms with E-state index < -0.39 is 5.76 Å². The zero-order chi connectivity index (χ0) is 19.4. The average molecular weight is 372 g/mol. The molecule has 2 N–H and O–H groups in total. The Morgan fingerprint density at radius 1 is 1.07 bits per heavy atom. The van der Waals surface area contributed by atoms with E-state index in [1.165, 1.54) is 21.3 Å². The molecule has 0 saturated carbocycles. The molecule has 1 heterocycles. The van der Waals surface area contributed by atoms with Gasteiger partial charge in [0.25, 0.3) is 5.91 Å². The van der Waals surface area contributed by atoms with Crippen molar-refractivity contribution in [2.75, 3.05) is 27.9 Å². The second-order valence-corrected chi connectivity index (χ2v) is 5.76. The van der Waals surface area contributed by atoms with E-state index in [-0.39, 0.29) is 5.91 Å². The Morgan fingerprint density at radius 3 is 2.41 bits per heavy atom. The monoisotopic (exact) mass is 372 g/mol. The molecular formula is C19H20N2O6. The van der Waals surface area contributed by atoms with Gasteiger partial charge in [0.05, 0.1) is 26.8 Å². The molecule has 0 bridgehead atoms. The minimum atomic E-state index is -0.488. The van der Waals surface area contributed by atoms with Gasteiger partial charge in [0.2, 0.25) is 5.75 Å². The van der Waals surface area contributed by atoms with Gasteiger partial charge >= 0.3 is 5.76 Å². The van der Waals surface area contributed by atoms with Gasteiger partial charge in [0.15, 0.2) is 17.1 Å². The van der Waals surface area contributed by atoms with Crippen LogP contribution in [-0.2, 0) is 6.42 Å². The summed E-state index contributed by atoms with van der Waals surface area (Å²) in [5, 5.41) is 2.85. The van der Waals surface area contributed by atoms with Crippen LogP contribution < -0.4 is 25.3 Å². The molecular weight excluding hydrogens is 352 g/mol. The first-order chi connectivity index (χ1) is 13.0. The number of rotatable bonds is 7. The Morgan fingerprint density at radius 2 is 1.78 bits per heavy atom. The van der Waals surface area contributed by atoms with Crippen molar-refractivity contribution in [3.8, 4) is 17.2 Å². The maximum atomic E-state index is 12.5. The van der Waals surface area contributed by atoms with Gasteiger partial charge in [-0.1, -0.05) is 6.07 Å². The predicted molar refractivity (Wildman–Crippen MR) is 99.0 cm³/mol. The number of H-pyrrole nitrogens is 1. The first-order valence-corrected chi connectivity index (χ1v) is 8.25. The highest BCUT2D eigenvalue weighted by molar-refractivity contribution is 5.95. The van der Waals surface area contributed by atoms with Crippen molar-refractivity contribution >= 4 is 17.0 Å². The summed E-state index contributed by atoms with van der Waals surface area (Å²) in [6.07, 6.45) is 0.597. The normalized spacial score (nSPS) is 10.6. The molecule has 0 atom stereocenters. The van der Waals surface area contributed by atoms with Gasteiger partial charge in [-0.25, -0.2) is 4.79 Å². The van der Waals surface area contributed by atoms with Crippen molar-refractivity contribution < 1.29 is 23.4 Å². The van der Waals surface area contributed by atoms with Crippen molar-refractivity contribution in [3.63, 3.8) is 0 Å². The van der Waals surface area contributed by atoms with E-state index in [1.807, 2.05) is 12.1 Å². The van der Waals surface area contributed by atoms with Gasteiger partial charge in [-0.05, 0) is 36.2 Å². The molecule has 1 amide bonds. The van der Waals surface area contributed by atoms with Crippen LogP contribution in [0.5, 0.6) is 17.2 Å². The van der Waals surface area contributed by atoms with Crippen LogP contribution in [0.15, 0.2) is 39.5 Å². The van der Waals surface area contributed by atoms with Crippen LogP contribution in [0.4, 0.5) is 0 Å². The third kappa shape index (κ3) is 3.89. The fourth-order valence-corrected chi connectivity index (χ4v) is 2.79. The van der Waals surface area contributed by atoms with Gasteiger partial charge in [-0.2, -0.15) is 0 Å². The van der Waals surface area contributed by atoms with Crippen LogP contribution in [0.3, 0.4) is 0 Å². The Bertz CT molecular complexity index is 995. The van der Waals surface area contributed by atoms with Crippen LogP contribution in [-0.4, -0.2) is 38.8 Å². The molecule has 8 nitrogen and oxygen atoms in total. The summed E-state index contributed by atoms with van der Waals surface area (Å²) in [6.45, 7) is 0.420. The highest BCUT2D eigenvalue weighted by Crippen LogP contribution is 2.38. The summed E-state index contributed by atoms with van der Waals surface area (Å²) in [5.41, 5.74) is 2.50. The molecule has 0 spiro atoms. The fraction of sp³-hybridized carbons (Fsp3) is 0.263. The smallest absolute Gasteiger partial charge is 0.417 e. The molecule has 3 aromatic rings. The number of aromatic nitrogens is 1. The number of nitrogens with one attached hydrogen (secondary N) is 2. The Kier molecular flexibility index (Phi) is 5.35. The number of carbonyl (C=O) groups excluding carboxylic acids is 1. The van der Waals surface area contributed by atoms with Crippen LogP contribution >= 0.6 is 0 Å². The minimum Gasteiger partial charge on any atom is -0.493 e. The lowest BCUT2D eigenvalue weighted by molar-refractivity contribution is 0.0953. The zero-order valence-corrected chi connectivity index (χ0v) is 15.3. The highest BCUT2D eigenvalue weighted by atomic mass is 16.5. The second kappa shape index (κ2) is 7.86. The van der Waals surface area contributed by atoms with Crippen molar-refractivity contribution in [1.29, 1.82) is 0 Å². The lowest BCUT2D eigenvalue weighted by Crippen LogP contribution is -2.25. The van der Waals surface area contributed by atoms with E-state index in [0.29, 0.717) is 46.9 Å². The van der Waals surface area contributed by atoms with Crippen molar-refractivity contribution in [2.45, 2.75) is 6.42 Å². The Labute approximate surface area is 155 Å². The topological polar surface area (TPSA) is 103 Å².